The number of benzene rings is 3. The van der Waals surface area contributed by atoms with Crippen LogP contribution >= 0.6 is 0 Å². The SMILES string of the molecule is COc1c(/C=N/Nc2nc(Nc3cccc4ccccc34)nc(N3CCOCC3)n2)cccc1[N+](=O)[O-]. The average molecular weight is 501 g/mol. The number of nitro benzene ring substituents is 1. The molecule has 4 aromatic rings. The first-order valence-electron chi connectivity index (χ1n) is 11.6. The molecule has 0 radical (unpaired) electrons. The van der Waals surface area contributed by atoms with Crippen molar-refractivity contribution in [3.63, 3.8) is 0 Å². The van der Waals surface area contributed by atoms with Crippen LogP contribution in [0.25, 0.3) is 10.8 Å². The van der Waals surface area contributed by atoms with Crippen LogP contribution in [-0.4, -0.2) is 59.5 Å². The second-order valence-corrected chi connectivity index (χ2v) is 8.06. The van der Waals surface area contributed by atoms with E-state index in [1.54, 1.807) is 12.1 Å². The van der Waals surface area contributed by atoms with Crippen molar-refractivity contribution in [2.45, 2.75) is 0 Å². The summed E-state index contributed by atoms with van der Waals surface area (Å²) in [5, 5.41) is 20.9. The number of hydrogen-bond donors (Lipinski definition) is 2. The molecule has 0 atom stereocenters. The van der Waals surface area contributed by atoms with E-state index in [2.05, 4.69) is 30.8 Å². The summed E-state index contributed by atoms with van der Waals surface area (Å²) in [6.07, 6.45) is 1.42. The Morgan fingerprint density at radius 3 is 2.59 bits per heavy atom. The highest BCUT2D eigenvalue weighted by Gasteiger charge is 2.18. The fourth-order valence-electron chi connectivity index (χ4n) is 4.00. The van der Waals surface area contributed by atoms with Crippen LogP contribution in [0.1, 0.15) is 5.56 Å². The van der Waals surface area contributed by atoms with Gasteiger partial charge in [0.25, 0.3) is 0 Å². The summed E-state index contributed by atoms with van der Waals surface area (Å²) in [7, 11) is 1.37. The van der Waals surface area contributed by atoms with Gasteiger partial charge >= 0.3 is 5.69 Å². The molecule has 12 nitrogen and oxygen atoms in total. The highest BCUT2D eigenvalue weighted by atomic mass is 16.6. The molecule has 0 spiro atoms. The molecule has 0 bridgehead atoms. The molecular formula is C25H24N8O4. The molecule has 5 rings (SSSR count). The van der Waals surface area contributed by atoms with Gasteiger partial charge in [-0.3, -0.25) is 10.1 Å². The molecule has 0 saturated carbocycles. The lowest BCUT2D eigenvalue weighted by atomic mass is 10.1. The van der Waals surface area contributed by atoms with Gasteiger partial charge in [-0.25, -0.2) is 5.43 Å². The molecule has 1 aliphatic heterocycles. The largest absolute Gasteiger partial charge is 0.490 e. The zero-order valence-corrected chi connectivity index (χ0v) is 20.0. The Morgan fingerprint density at radius 2 is 1.78 bits per heavy atom. The Morgan fingerprint density at radius 1 is 1.03 bits per heavy atom. The van der Waals surface area contributed by atoms with E-state index in [1.807, 2.05) is 47.4 Å². The lowest BCUT2D eigenvalue weighted by Crippen LogP contribution is -2.37. The molecule has 3 aromatic carbocycles. The number of nitrogens with one attached hydrogen (secondary N) is 2. The van der Waals surface area contributed by atoms with Crippen molar-refractivity contribution in [2.24, 2.45) is 5.10 Å². The third kappa shape index (κ3) is 5.38. The molecule has 0 amide bonds. The summed E-state index contributed by atoms with van der Waals surface area (Å²) in [6.45, 7) is 2.44. The van der Waals surface area contributed by atoms with Gasteiger partial charge < -0.3 is 19.7 Å². The number of hydrogen-bond acceptors (Lipinski definition) is 11. The first kappa shape index (κ1) is 23.9. The fraction of sp³-hybridized carbons (Fsp3) is 0.200. The van der Waals surface area contributed by atoms with Gasteiger partial charge in [-0.1, -0.05) is 42.5 Å². The summed E-state index contributed by atoms with van der Waals surface area (Å²) in [4.78, 5) is 26.5. The molecule has 1 saturated heterocycles. The summed E-state index contributed by atoms with van der Waals surface area (Å²) >= 11 is 0. The smallest absolute Gasteiger partial charge is 0.311 e. The number of nitrogens with zero attached hydrogens (tertiary/aromatic N) is 6. The van der Waals surface area contributed by atoms with Crippen molar-refractivity contribution < 1.29 is 14.4 Å². The van der Waals surface area contributed by atoms with Crippen LogP contribution < -0.4 is 20.4 Å². The minimum atomic E-state index is -0.505. The molecule has 0 unspecified atom stereocenters. The van der Waals surface area contributed by atoms with E-state index in [0.717, 1.165) is 16.5 Å². The van der Waals surface area contributed by atoms with Crippen LogP contribution in [-0.2, 0) is 4.74 Å². The molecule has 1 aromatic heterocycles. The molecule has 2 heterocycles. The number of nitro groups is 1. The number of anilines is 4. The summed E-state index contributed by atoms with van der Waals surface area (Å²) < 4.78 is 10.7. The number of hydrazone groups is 1. The van der Waals surface area contributed by atoms with Gasteiger partial charge in [-0.2, -0.15) is 20.1 Å². The molecule has 188 valence electrons. The summed E-state index contributed by atoms with van der Waals surface area (Å²) in [6, 6.07) is 18.6. The lowest BCUT2D eigenvalue weighted by Gasteiger charge is -2.27. The van der Waals surface area contributed by atoms with Crippen LogP contribution in [0.4, 0.5) is 29.2 Å². The molecular weight excluding hydrogens is 476 g/mol. The maximum Gasteiger partial charge on any atom is 0.311 e. The number of para-hydroxylation sites is 1. The van der Waals surface area contributed by atoms with E-state index in [-0.39, 0.29) is 17.4 Å². The Hall–Kier alpha value is -4.84. The van der Waals surface area contributed by atoms with Crippen molar-refractivity contribution in [1.82, 2.24) is 15.0 Å². The summed E-state index contributed by atoms with van der Waals surface area (Å²) in [5.41, 5.74) is 3.96. The van der Waals surface area contributed by atoms with Crippen LogP contribution in [0.3, 0.4) is 0 Å². The van der Waals surface area contributed by atoms with Crippen LogP contribution in [0.2, 0.25) is 0 Å². The normalized spacial score (nSPS) is 13.6. The second-order valence-electron chi connectivity index (χ2n) is 8.06. The molecule has 1 aliphatic rings. The Balaban J connectivity index is 1.45. The van der Waals surface area contributed by atoms with Gasteiger partial charge in [0.05, 0.1) is 31.5 Å². The number of morpholine rings is 1. The first-order chi connectivity index (χ1) is 18.1. The average Bonchev–Trinajstić information content (AvgIpc) is 2.93. The van der Waals surface area contributed by atoms with E-state index in [4.69, 9.17) is 9.47 Å². The van der Waals surface area contributed by atoms with E-state index < -0.39 is 4.92 Å². The topological polar surface area (TPSA) is 140 Å². The van der Waals surface area contributed by atoms with E-state index in [0.29, 0.717) is 43.8 Å². The maximum atomic E-state index is 11.3. The van der Waals surface area contributed by atoms with Crippen LogP contribution in [0.15, 0.2) is 65.8 Å². The fourth-order valence-corrected chi connectivity index (χ4v) is 4.00. The highest BCUT2D eigenvalue weighted by molar-refractivity contribution is 5.95. The number of fused-ring (bicyclic) bond motifs is 1. The second kappa shape index (κ2) is 10.8. The quantitative estimate of drug-likeness (QED) is 0.207. The highest BCUT2D eigenvalue weighted by Crippen LogP contribution is 2.29. The minimum Gasteiger partial charge on any atom is -0.490 e. The third-order valence-corrected chi connectivity index (χ3v) is 5.75. The summed E-state index contributed by atoms with van der Waals surface area (Å²) in [5.74, 6) is 1.14. The van der Waals surface area contributed by atoms with Gasteiger partial charge in [0.15, 0.2) is 0 Å². The van der Waals surface area contributed by atoms with Crippen molar-refractivity contribution in [3.8, 4) is 5.75 Å². The predicted molar refractivity (Wildman–Crippen MR) is 141 cm³/mol. The van der Waals surface area contributed by atoms with Crippen LogP contribution in [0.5, 0.6) is 5.75 Å². The number of methoxy groups -OCH3 is 1. The van der Waals surface area contributed by atoms with Gasteiger partial charge in [-0.15, -0.1) is 0 Å². The van der Waals surface area contributed by atoms with Crippen molar-refractivity contribution in [3.05, 3.63) is 76.3 Å². The molecule has 1 fully saturated rings. The monoisotopic (exact) mass is 500 g/mol. The van der Waals surface area contributed by atoms with Crippen LogP contribution in [0, 0.1) is 10.1 Å². The minimum absolute atomic E-state index is 0.112. The standard InChI is InChI=1S/C25H24N8O4/c1-36-22-18(8-5-11-21(22)33(34)35)16-26-31-24-28-23(29-25(30-24)32-12-14-37-15-13-32)27-20-10-4-7-17-6-2-3-9-19(17)20/h2-11,16H,12-15H2,1H3,(H2,27,28,29,30,31)/b26-16+. The van der Waals surface area contributed by atoms with Crippen molar-refractivity contribution >= 4 is 46.2 Å². The number of aromatic nitrogens is 3. The molecule has 12 heteroatoms. The Kier molecular flexibility index (Phi) is 6.99. The third-order valence-electron chi connectivity index (χ3n) is 5.75. The van der Waals surface area contributed by atoms with Crippen molar-refractivity contribution in [2.75, 3.05) is 49.1 Å². The van der Waals surface area contributed by atoms with Gasteiger partial charge in [0, 0.05) is 35.8 Å². The molecule has 2 N–H and O–H groups in total. The Bertz CT molecular complexity index is 1450. The maximum absolute atomic E-state index is 11.3. The first-order valence-corrected chi connectivity index (χ1v) is 11.6. The number of ether oxygens (including phenoxy) is 2. The van der Waals surface area contributed by atoms with Crippen molar-refractivity contribution in [1.29, 1.82) is 0 Å². The van der Waals surface area contributed by atoms with Gasteiger partial charge in [0.1, 0.15) is 0 Å². The predicted octanol–water partition coefficient (Wildman–Crippen LogP) is 3.97. The lowest BCUT2D eigenvalue weighted by molar-refractivity contribution is -0.385. The molecule has 37 heavy (non-hydrogen) atoms. The zero-order chi connectivity index (χ0) is 25.6. The molecule has 0 aliphatic carbocycles. The number of rotatable bonds is 8. The van der Waals surface area contributed by atoms with Gasteiger partial charge in [0.2, 0.25) is 23.6 Å². The zero-order valence-electron chi connectivity index (χ0n) is 20.0. The Labute approximate surface area is 212 Å². The van der Waals surface area contributed by atoms with Gasteiger partial charge in [-0.05, 0) is 17.5 Å². The van der Waals surface area contributed by atoms with E-state index >= 15 is 0 Å². The van der Waals surface area contributed by atoms with E-state index in [9.17, 15) is 10.1 Å². The van der Waals surface area contributed by atoms with E-state index in [1.165, 1.54) is 19.4 Å².